The van der Waals surface area contributed by atoms with Crippen LogP contribution >= 0.6 is 0 Å². The molecule has 2 heterocycles. The number of nitrogens with one attached hydrogen (secondary N) is 1. The third-order valence-corrected chi connectivity index (χ3v) is 14.9. The molecule has 2 aliphatic rings. The molecule has 12 atom stereocenters. The highest BCUT2D eigenvalue weighted by atomic mass is 16.7. The predicted octanol–water partition coefficient (Wildman–Crippen LogP) is 10.9. The maximum absolute atomic E-state index is 13.2. The molecule has 0 aromatic heterocycles. The van der Waals surface area contributed by atoms with E-state index in [0.717, 1.165) is 70.6 Å². The van der Waals surface area contributed by atoms with E-state index < -0.39 is 86.8 Å². The molecular formula is C63H113NO13. The molecule has 1 amide bonds. The van der Waals surface area contributed by atoms with Gasteiger partial charge in [0.15, 0.2) is 12.6 Å². The molecule has 14 nitrogen and oxygen atoms in total. The third-order valence-electron chi connectivity index (χ3n) is 14.9. The minimum absolute atomic E-state index is 0.252. The van der Waals surface area contributed by atoms with E-state index in [9.17, 15) is 45.6 Å². The van der Waals surface area contributed by atoms with Crippen molar-refractivity contribution in [3.63, 3.8) is 0 Å². The first-order valence-electron chi connectivity index (χ1n) is 31.0. The number of aliphatic hydroxyl groups excluding tert-OH is 8. The van der Waals surface area contributed by atoms with Crippen LogP contribution in [0.1, 0.15) is 239 Å². The van der Waals surface area contributed by atoms with Crippen molar-refractivity contribution in [2.45, 2.75) is 312 Å². The lowest BCUT2D eigenvalue weighted by atomic mass is 9.97. The number of unbranched alkanes of at least 4 members (excludes halogenated alkanes) is 28. The van der Waals surface area contributed by atoms with Crippen LogP contribution in [0.2, 0.25) is 0 Å². The molecule has 0 saturated carbocycles. The second-order valence-corrected chi connectivity index (χ2v) is 21.8. The number of amides is 1. The molecule has 0 radical (unpaired) electrons. The van der Waals surface area contributed by atoms with Crippen LogP contribution in [0.3, 0.4) is 0 Å². The van der Waals surface area contributed by atoms with E-state index in [-0.39, 0.29) is 18.9 Å². The van der Waals surface area contributed by atoms with E-state index in [0.29, 0.717) is 12.8 Å². The molecular weight excluding hydrogens is 979 g/mol. The summed E-state index contributed by atoms with van der Waals surface area (Å²) in [6, 6.07) is -0.947. The lowest BCUT2D eigenvalue weighted by Gasteiger charge is -2.46. The van der Waals surface area contributed by atoms with Gasteiger partial charge in [-0.2, -0.15) is 0 Å². The van der Waals surface area contributed by atoms with Crippen molar-refractivity contribution in [1.29, 1.82) is 0 Å². The van der Waals surface area contributed by atoms with Crippen LogP contribution in [-0.2, 0) is 23.7 Å². The molecule has 2 fully saturated rings. The Bertz CT molecular complexity index is 1520. The van der Waals surface area contributed by atoms with Gasteiger partial charge in [-0.05, 0) is 70.6 Å². The van der Waals surface area contributed by atoms with Gasteiger partial charge in [-0.15, -0.1) is 0 Å². The van der Waals surface area contributed by atoms with Crippen molar-refractivity contribution in [1.82, 2.24) is 5.32 Å². The van der Waals surface area contributed by atoms with Gasteiger partial charge in [-0.25, -0.2) is 0 Å². The summed E-state index contributed by atoms with van der Waals surface area (Å²) in [4.78, 5) is 13.2. The van der Waals surface area contributed by atoms with Crippen LogP contribution in [0, 0.1) is 0 Å². The molecule has 77 heavy (non-hydrogen) atoms. The van der Waals surface area contributed by atoms with Gasteiger partial charge in [0.2, 0.25) is 5.91 Å². The Morgan fingerprint density at radius 2 is 0.883 bits per heavy atom. The van der Waals surface area contributed by atoms with Gasteiger partial charge in [0.25, 0.3) is 0 Å². The molecule has 0 aromatic rings. The summed E-state index contributed by atoms with van der Waals surface area (Å²) in [5.74, 6) is -0.269. The van der Waals surface area contributed by atoms with Gasteiger partial charge in [-0.3, -0.25) is 4.79 Å². The van der Waals surface area contributed by atoms with Crippen LogP contribution in [-0.4, -0.2) is 140 Å². The largest absolute Gasteiger partial charge is 0.394 e. The second-order valence-electron chi connectivity index (χ2n) is 21.8. The summed E-state index contributed by atoms with van der Waals surface area (Å²) in [6.07, 6.45) is 45.7. The maximum Gasteiger partial charge on any atom is 0.220 e. The van der Waals surface area contributed by atoms with E-state index in [1.165, 1.54) is 135 Å². The van der Waals surface area contributed by atoms with Crippen LogP contribution in [0.15, 0.2) is 60.8 Å². The first-order valence-corrected chi connectivity index (χ1v) is 31.0. The Kier molecular flexibility index (Phi) is 44.5. The van der Waals surface area contributed by atoms with Crippen molar-refractivity contribution in [2.75, 3.05) is 19.8 Å². The molecule has 9 N–H and O–H groups in total. The van der Waals surface area contributed by atoms with Gasteiger partial charge >= 0.3 is 0 Å². The number of hydrogen-bond donors (Lipinski definition) is 9. The summed E-state index contributed by atoms with van der Waals surface area (Å²) in [5.41, 5.74) is 0. The molecule has 0 spiro atoms. The minimum Gasteiger partial charge on any atom is -0.394 e. The highest BCUT2D eigenvalue weighted by Crippen LogP contribution is 2.30. The van der Waals surface area contributed by atoms with Gasteiger partial charge in [0.05, 0.1) is 32.0 Å². The fraction of sp³-hybridized carbons (Fsp3) is 0.825. The van der Waals surface area contributed by atoms with Crippen molar-refractivity contribution < 1.29 is 64.6 Å². The van der Waals surface area contributed by atoms with Crippen LogP contribution in [0.5, 0.6) is 0 Å². The average molecular weight is 1090 g/mol. The van der Waals surface area contributed by atoms with Gasteiger partial charge < -0.3 is 65.1 Å². The minimum atomic E-state index is -1.80. The predicted molar refractivity (Wildman–Crippen MR) is 309 cm³/mol. The Morgan fingerprint density at radius 1 is 0.468 bits per heavy atom. The molecule has 0 aliphatic carbocycles. The van der Waals surface area contributed by atoms with Crippen molar-refractivity contribution >= 4 is 5.91 Å². The average Bonchev–Trinajstić information content (AvgIpc) is 3.44. The zero-order valence-electron chi connectivity index (χ0n) is 48.2. The van der Waals surface area contributed by atoms with Crippen molar-refractivity contribution in [2.24, 2.45) is 0 Å². The summed E-state index contributed by atoms with van der Waals surface area (Å²) >= 11 is 0. The van der Waals surface area contributed by atoms with E-state index in [2.05, 4.69) is 67.8 Å². The van der Waals surface area contributed by atoms with Crippen molar-refractivity contribution in [3.05, 3.63) is 60.8 Å². The monoisotopic (exact) mass is 1090 g/mol. The van der Waals surface area contributed by atoms with Crippen LogP contribution in [0.25, 0.3) is 0 Å². The Hall–Kier alpha value is -2.31. The summed E-state index contributed by atoms with van der Waals surface area (Å²) in [7, 11) is 0. The zero-order chi connectivity index (χ0) is 56.0. The first-order chi connectivity index (χ1) is 37.6. The van der Waals surface area contributed by atoms with Gasteiger partial charge in [-0.1, -0.05) is 222 Å². The fourth-order valence-electron chi connectivity index (χ4n) is 9.87. The fourth-order valence-corrected chi connectivity index (χ4v) is 9.87. The first kappa shape index (κ1) is 70.8. The molecule has 2 rings (SSSR count). The Labute approximate surface area is 466 Å². The number of allylic oxidation sites excluding steroid dienone is 9. The molecule has 14 heteroatoms. The van der Waals surface area contributed by atoms with E-state index in [4.69, 9.17) is 18.9 Å². The third kappa shape index (κ3) is 33.9. The normalized spacial score (nSPS) is 25.1. The molecule has 2 saturated heterocycles. The van der Waals surface area contributed by atoms with E-state index in [1.54, 1.807) is 6.08 Å². The number of ether oxygens (including phenoxy) is 4. The lowest BCUT2D eigenvalue weighted by Crippen LogP contribution is -2.65. The standard InChI is InChI=1S/C63H113NO13/c1-3-5-7-9-11-13-15-17-19-20-21-22-23-24-25-26-27-28-29-30-31-32-33-34-36-38-40-42-44-46-52(67)51(64-55(68)47-45-43-41-39-37-35-18-16-14-12-10-8-6-4-2)50-74-62-60(73)58(71)61(54(49-66)76-62)77-63-59(72)57(70)56(69)53(48-65)75-63/h10,12,16,18,31-32,36,38,44,46,51-54,56-63,65-67,69-73H,3-9,11,13-15,17,19-30,33-35,37,39-43,45,47-50H2,1-2H3,(H,64,68)/b12-10-,18-16-,32-31+,38-36+,46-44+. The smallest absolute Gasteiger partial charge is 0.220 e. The maximum atomic E-state index is 13.2. The summed E-state index contributed by atoms with van der Waals surface area (Å²) < 4.78 is 22.7. The van der Waals surface area contributed by atoms with E-state index >= 15 is 0 Å². The lowest BCUT2D eigenvalue weighted by molar-refractivity contribution is -0.359. The zero-order valence-corrected chi connectivity index (χ0v) is 48.2. The highest BCUT2D eigenvalue weighted by molar-refractivity contribution is 5.76. The van der Waals surface area contributed by atoms with E-state index in [1.807, 2.05) is 6.08 Å². The summed E-state index contributed by atoms with van der Waals surface area (Å²) in [5, 5.41) is 87.0. The molecule has 2 aliphatic heterocycles. The topological polar surface area (TPSA) is 228 Å². The molecule has 0 bridgehead atoms. The number of hydrogen-bond acceptors (Lipinski definition) is 13. The number of rotatable bonds is 49. The number of carbonyl (C=O) groups excluding carboxylic acids is 1. The Morgan fingerprint density at radius 3 is 1.39 bits per heavy atom. The molecule has 0 aromatic carbocycles. The van der Waals surface area contributed by atoms with Gasteiger partial charge in [0, 0.05) is 6.42 Å². The van der Waals surface area contributed by atoms with Crippen LogP contribution < -0.4 is 5.32 Å². The SMILES string of the molecule is CCCC/C=C\C/C=C\CCCCCCCC(=O)NC(COC1OC(CO)C(OC2OC(CO)C(O)C(O)C2O)C(O)C1O)C(O)/C=C/CC/C=C/CC/C=C/CCCCCCCCCCCCCCCCCCCCC. The molecule has 448 valence electrons. The number of carbonyl (C=O) groups is 1. The van der Waals surface area contributed by atoms with Gasteiger partial charge in [0.1, 0.15) is 48.8 Å². The molecule has 12 unspecified atom stereocenters. The van der Waals surface area contributed by atoms with Crippen molar-refractivity contribution in [3.8, 4) is 0 Å². The highest BCUT2D eigenvalue weighted by Gasteiger charge is 2.51. The summed E-state index contributed by atoms with van der Waals surface area (Å²) in [6.45, 7) is 2.72. The quantitative estimate of drug-likeness (QED) is 0.0204. The Balaban J connectivity index is 1.74. The number of aliphatic hydroxyl groups is 8. The van der Waals surface area contributed by atoms with Crippen LogP contribution in [0.4, 0.5) is 0 Å². The second kappa shape index (κ2) is 48.4.